The quantitative estimate of drug-likeness (QED) is 0.0880. The Morgan fingerprint density at radius 2 is 1.15 bits per heavy atom. The van der Waals surface area contributed by atoms with Crippen LogP contribution in [0.15, 0.2) is 0 Å². The molecule has 1 heterocycles. The highest BCUT2D eigenvalue weighted by Crippen LogP contribution is 2.29. The van der Waals surface area contributed by atoms with Crippen LogP contribution < -0.4 is 34.4 Å². The van der Waals surface area contributed by atoms with E-state index in [2.05, 4.69) is 0 Å². The fraction of sp³-hybridized carbons (Fsp3) is 0.842. The molecule has 0 aromatic heterocycles. The molecule has 0 bridgehead atoms. The third-order valence-electron chi connectivity index (χ3n) is 5.10. The predicted molar refractivity (Wildman–Crippen MR) is 117 cm³/mol. The van der Waals surface area contributed by atoms with Gasteiger partial charge in [0.25, 0.3) is 0 Å². The molecule has 0 aromatic rings. The molecule has 0 aromatic carbocycles. The first-order chi connectivity index (χ1) is 16.1. The average molecular weight is 495 g/mol. The van der Waals surface area contributed by atoms with Gasteiger partial charge in [0.15, 0.2) is 24.6 Å². The van der Waals surface area contributed by atoms with Crippen LogP contribution in [-0.4, -0.2) is 105 Å². The van der Waals surface area contributed by atoms with Crippen LogP contribution in [0.25, 0.3) is 0 Å². The first-order valence-corrected chi connectivity index (χ1v) is 10.9. The minimum absolute atomic E-state index is 0.0941. The van der Waals surface area contributed by atoms with Gasteiger partial charge in [-0.3, -0.25) is 14.4 Å². The van der Waals surface area contributed by atoms with Gasteiger partial charge in [0.2, 0.25) is 0 Å². The number of aliphatic hydroxyl groups is 1. The van der Waals surface area contributed by atoms with Crippen LogP contribution in [0.3, 0.4) is 0 Å². The number of carbonyl (C=O) groups is 3. The Morgan fingerprint density at radius 3 is 1.50 bits per heavy atom. The molecule has 13 N–H and O–H groups in total. The van der Waals surface area contributed by atoms with Crippen LogP contribution in [0.1, 0.15) is 19.3 Å². The molecule has 15 nitrogen and oxygen atoms in total. The molecule has 198 valence electrons. The summed E-state index contributed by atoms with van der Waals surface area (Å²) in [6.45, 7) is -0.343. The maximum Gasteiger partial charge on any atom is 0.323 e. The minimum atomic E-state index is -1.49. The summed E-state index contributed by atoms with van der Waals surface area (Å²) in [5.74, 6) is -2.70. The number of esters is 3. The van der Waals surface area contributed by atoms with Gasteiger partial charge < -0.3 is 63.2 Å². The molecule has 0 saturated carbocycles. The maximum atomic E-state index is 12.6. The second kappa shape index (κ2) is 15.1. The maximum absolute atomic E-state index is 12.6. The Morgan fingerprint density at radius 1 is 0.765 bits per heavy atom. The lowest BCUT2D eigenvalue weighted by molar-refractivity contribution is -0.303. The van der Waals surface area contributed by atoms with E-state index >= 15 is 0 Å². The van der Waals surface area contributed by atoms with Crippen LogP contribution in [0.5, 0.6) is 0 Å². The van der Waals surface area contributed by atoms with Crippen LogP contribution in [-0.2, 0) is 38.1 Å². The van der Waals surface area contributed by atoms with E-state index in [1.165, 1.54) is 7.11 Å². The molecular weight excluding hydrogens is 456 g/mol. The van der Waals surface area contributed by atoms with Gasteiger partial charge in [0, 0.05) is 7.11 Å². The molecule has 1 aliphatic heterocycles. The van der Waals surface area contributed by atoms with Gasteiger partial charge in [0.05, 0.1) is 6.61 Å². The van der Waals surface area contributed by atoms with E-state index in [4.69, 9.17) is 58.1 Å². The summed E-state index contributed by atoms with van der Waals surface area (Å²) in [4.78, 5) is 37.6. The number of nitrogens with two attached hydrogens (primary N) is 6. The minimum Gasteiger partial charge on any atom is -0.454 e. The normalized spacial score (nSPS) is 27.4. The van der Waals surface area contributed by atoms with Crippen molar-refractivity contribution in [1.82, 2.24) is 0 Å². The second-order valence-electron chi connectivity index (χ2n) is 7.72. The fourth-order valence-electron chi connectivity index (χ4n) is 3.17. The molecule has 0 amide bonds. The van der Waals surface area contributed by atoms with E-state index in [9.17, 15) is 19.5 Å². The summed E-state index contributed by atoms with van der Waals surface area (Å²) in [6.07, 6.45) is -6.60. The van der Waals surface area contributed by atoms with Gasteiger partial charge in [-0.15, -0.1) is 0 Å². The van der Waals surface area contributed by atoms with E-state index < -0.39 is 73.3 Å². The summed E-state index contributed by atoms with van der Waals surface area (Å²) in [5.41, 5.74) is 33.7. The lowest BCUT2D eigenvalue weighted by Gasteiger charge is -2.44. The Labute approximate surface area is 197 Å². The van der Waals surface area contributed by atoms with Crippen LogP contribution >= 0.6 is 0 Å². The molecule has 8 atom stereocenters. The number of hydrogen-bond donors (Lipinski definition) is 7. The van der Waals surface area contributed by atoms with E-state index in [0.29, 0.717) is 0 Å². The van der Waals surface area contributed by atoms with Crippen molar-refractivity contribution in [3.8, 4) is 0 Å². The van der Waals surface area contributed by atoms with Crippen LogP contribution in [0.2, 0.25) is 0 Å². The third-order valence-corrected chi connectivity index (χ3v) is 5.10. The molecule has 0 radical (unpaired) electrons. The van der Waals surface area contributed by atoms with Crippen molar-refractivity contribution in [2.45, 2.75) is 68.1 Å². The van der Waals surface area contributed by atoms with E-state index in [0.717, 1.165) is 0 Å². The highest BCUT2D eigenvalue weighted by molar-refractivity contribution is 5.77. The summed E-state index contributed by atoms with van der Waals surface area (Å²) in [5, 5.41) is 9.85. The number of methoxy groups -OCH3 is 1. The molecular formula is C19H38N6O9. The highest BCUT2D eigenvalue weighted by Gasteiger charge is 2.53. The highest BCUT2D eigenvalue weighted by atomic mass is 16.7. The second-order valence-corrected chi connectivity index (χ2v) is 7.72. The SMILES string of the molecule is CO[C@H]1O[C@H](CO)[C@@H](OC(=O)C(N)CCN)[C@H](OC(=O)C(N)CCN)[C@H]1OC(=O)C(N)CCN. The fourth-order valence-corrected chi connectivity index (χ4v) is 3.17. The summed E-state index contributed by atoms with van der Waals surface area (Å²) < 4.78 is 27.2. The van der Waals surface area contributed by atoms with Gasteiger partial charge in [0.1, 0.15) is 24.2 Å². The Bertz CT molecular complexity index is 618. The standard InChI is InChI=1S/C19H38N6O9/c1-30-19-15(34-18(29)11(25)4-7-22)14(33-17(28)10(24)3-6-21)13(12(8-26)31-19)32-16(27)9(23)2-5-20/h9-15,19,26H,2-8,20-25H2,1H3/t9?,10?,11?,12-,13-,14+,15-,19+/m1/s1. The van der Waals surface area contributed by atoms with Crippen molar-refractivity contribution < 1.29 is 43.2 Å². The number of hydrogen-bond acceptors (Lipinski definition) is 15. The summed E-state index contributed by atoms with van der Waals surface area (Å²) >= 11 is 0. The topological polar surface area (TPSA) is 274 Å². The molecule has 1 aliphatic rings. The van der Waals surface area contributed by atoms with Gasteiger partial charge in [-0.05, 0) is 38.9 Å². The first-order valence-electron chi connectivity index (χ1n) is 10.9. The van der Waals surface area contributed by atoms with Crippen LogP contribution in [0.4, 0.5) is 0 Å². The van der Waals surface area contributed by atoms with Crippen molar-refractivity contribution in [1.29, 1.82) is 0 Å². The van der Waals surface area contributed by atoms with Crippen molar-refractivity contribution in [2.75, 3.05) is 33.4 Å². The molecule has 1 fully saturated rings. The number of aliphatic hydroxyl groups excluding tert-OH is 1. The Balaban J connectivity index is 3.33. The molecule has 1 rings (SSSR count). The monoisotopic (exact) mass is 494 g/mol. The third kappa shape index (κ3) is 8.37. The molecule has 0 aliphatic carbocycles. The number of ether oxygens (including phenoxy) is 5. The Hall–Kier alpha value is -1.95. The largest absolute Gasteiger partial charge is 0.454 e. The van der Waals surface area contributed by atoms with E-state index in [1.54, 1.807) is 0 Å². The van der Waals surface area contributed by atoms with Crippen molar-refractivity contribution in [3.05, 3.63) is 0 Å². The zero-order valence-electron chi connectivity index (χ0n) is 19.2. The van der Waals surface area contributed by atoms with E-state index in [-0.39, 0.29) is 38.9 Å². The Kier molecular flexibility index (Phi) is 13.4. The number of carbonyl (C=O) groups excluding carboxylic acids is 3. The smallest absolute Gasteiger partial charge is 0.323 e. The first kappa shape index (κ1) is 30.1. The lowest BCUT2D eigenvalue weighted by atomic mass is 9.97. The van der Waals surface area contributed by atoms with Gasteiger partial charge in [-0.2, -0.15) is 0 Å². The molecule has 15 heteroatoms. The van der Waals surface area contributed by atoms with Crippen molar-refractivity contribution >= 4 is 17.9 Å². The van der Waals surface area contributed by atoms with Gasteiger partial charge in [-0.25, -0.2) is 0 Å². The molecule has 1 saturated heterocycles. The summed E-state index contributed by atoms with van der Waals surface area (Å²) in [7, 11) is 1.24. The van der Waals surface area contributed by atoms with Crippen molar-refractivity contribution in [2.24, 2.45) is 34.4 Å². The average Bonchev–Trinajstić information content (AvgIpc) is 2.81. The summed E-state index contributed by atoms with van der Waals surface area (Å²) in [6, 6.07) is -3.31. The molecule has 0 spiro atoms. The van der Waals surface area contributed by atoms with Crippen molar-refractivity contribution in [3.63, 3.8) is 0 Å². The van der Waals surface area contributed by atoms with Crippen LogP contribution in [0, 0.1) is 0 Å². The predicted octanol–water partition coefficient (Wildman–Crippen LogP) is -4.89. The zero-order valence-corrected chi connectivity index (χ0v) is 19.2. The molecule has 3 unspecified atom stereocenters. The zero-order chi connectivity index (χ0) is 25.8. The lowest BCUT2D eigenvalue weighted by Crippen LogP contribution is -2.64. The molecule has 34 heavy (non-hydrogen) atoms. The van der Waals surface area contributed by atoms with Gasteiger partial charge >= 0.3 is 17.9 Å². The van der Waals surface area contributed by atoms with E-state index in [1.807, 2.05) is 0 Å². The number of rotatable bonds is 14. The van der Waals surface area contributed by atoms with Gasteiger partial charge in [-0.1, -0.05) is 0 Å².